The lowest BCUT2D eigenvalue weighted by Crippen LogP contribution is -2.48. The van der Waals surface area contributed by atoms with Crippen LogP contribution < -0.4 is 4.72 Å². The summed E-state index contributed by atoms with van der Waals surface area (Å²) in [6.45, 7) is 4.71. The fourth-order valence-electron chi connectivity index (χ4n) is 2.69. The maximum Gasteiger partial charge on any atom is 0.280 e. The number of hydrogen-bond acceptors (Lipinski definition) is 3. The number of fused-ring (bicyclic) bond motifs is 1. The first-order chi connectivity index (χ1) is 9.92. The monoisotopic (exact) mass is 312 g/mol. The SMILES string of the molecule is CC(C)CC(CO)NS(=O)(=O)N1CCc2ccccc2C1. The quantitative estimate of drug-likeness (QED) is 0.831. The molecule has 0 saturated heterocycles. The van der Waals surface area contributed by atoms with Crippen LogP contribution in [0.4, 0.5) is 0 Å². The molecule has 0 saturated carbocycles. The molecule has 0 fully saturated rings. The van der Waals surface area contributed by atoms with E-state index in [2.05, 4.69) is 4.72 Å². The number of nitrogens with zero attached hydrogens (tertiary/aromatic N) is 1. The van der Waals surface area contributed by atoms with E-state index in [0.717, 1.165) is 12.0 Å². The van der Waals surface area contributed by atoms with Crippen LogP contribution in [0.2, 0.25) is 0 Å². The van der Waals surface area contributed by atoms with Crippen LogP contribution in [-0.4, -0.2) is 37.0 Å². The van der Waals surface area contributed by atoms with E-state index >= 15 is 0 Å². The highest BCUT2D eigenvalue weighted by Crippen LogP contribution is 2.20. The number of nitrogens with one attached hydrogen (secondary N) is 1. The molecule has 118 valence electrons. The van der Waals surface area contributed by atoms with Gasteiger partial charge in [0, 0.05) is 19.1 Å². The fourth-order valence-corrected chi connectivity index (χ4v) is 4.07. The average Bonchev–Trinajstić information content (AvgIpc) is 2.45. The lowest BCUT2D eigenvalue weighted by molar-refractivity contribution is 0.236. The van der Waals surface area contributed by atoms with Gasteiger partial charge in [0.05, 0.1) is 6.61 Å². The van der Waals surface area contributed by atoms with Crippen LogP contribution in [0.15, 0.2) is 24.3 Å². The molecule has 21 heavy (non-hydrogen) atoms. The normalized spacial score (nSPS) is 17.7. The summed E-state index contributed by atoms with van der Waals surface area (Å²) in [4.78, 5) is 0. The second kappa shape index (κ2) is 6.87. The van der Waals surface area contributed by atoms with E-state index < -0.39 is 16.3 Å². The van der Waals surface area contributed by atoms with Gasteiger partial charge in [-0.25, -0.2) is 0 Å². The van der Waals surface area contributed by atoms with Crippen molar-refractivity contribution in [3.63, 3.8) is 0 Å². The number of rotatable bonds is 6. The van der Waals surface area contributed by atoms with Crippen molar-refractivity contribution in [1.29, 1.82) is 0 Å². The molecule has 0 radical (unpaired) electrons. The topological polar surface area (TPSA) is 69.6 Å². The molecule has 6 heteroatoms. The molecule has 0 aliphatic carbocycles. The maximum absolute atomic E-state index is 12.4. The zero-order valence-electron chi connectivity index (χ0n) is 12.6. The Morgan fingerprint density at radius 3 is 2.57 bits per heavy atom. The minimum absolute atomic E-state index is 0.179. The summed E-state index contributed by atoms with van der Waals surface area (Å²) in [7, 11) is -3.56. The molecule has 0 bridgehead atoms. The lowest BCUT2D eigenvalue weighted by atomic mass is 10.0. The second-order valence-electron chi connectivity index (χ2n) is 5.98. The Bertz CT molecular complexity index is 572. The standard InChI is InChI=1S/C15H24N2O3S/c1-12(2)9-15(11-18)16-21(19,20)17-8-7-13-5-3-4-6-14(13)10-17/h3-6,12,15-16,18H,7-11H2,1-2H3. The van der Waals surface area contributed by atoms with Crippen molar-refractivity contribution >= 4 is 10.2 Å². The molecule has 2 N–H and O–H groups in total. The van der Waals surface area contributed by atoms with Gasteiger partial charge in [0.15, 0.2) is 0 Å². The van der Waals surface area contributed by atoms with Crippen LogP contribution >= 0.6 is 0 Å². The Morgan fingerprint density at radius 1 is 1.29 bits per heavy atom. The van der Waals surface area contributed by atoms with Gasteiger partial charge in [-0.2, -0.15) is 17.4 Å². The molecule has 1 aromatic carbocycles. The van der Waals surface area contributed by atoms with Gasteiger partial charge in [0.1, 0.15) is 0 Å². The molecule has 1 atom stereocenters. The zero-order chi connectivity index (χ0) is 15.5. The van der Waals surface area contributed by atoms with E-state index in [1.807, 2.05) is 38.1 Å². The van der Waals surface area contributed by atoms with E-state index in [4.69, 9.17) is 0 Å². The van der Waals surface area contributed by atoms with Gasteiger partial charge in [-0.15, -0.1) is 0 Å². The minimum atomic E-state index is -3.56. The van der Waals surface area contributed by atoms with E-state index in [1.54, 1.807) is 0 Å². The Balaban J connectivity index is 2.07. The molecular weight excluding hydrogens is 288 g/mol. The Labute approximate surface area is 127 Å². The predicted octanol–water partition coefficient (Wildman–Crippen LogP) is 1.29. The largest absolute Gasteiger partial charge is 0.395 e. The van der Waals surface area contributed by atoms with Gasteiger partial charge in [-0.1, -0.05) is 38.1 Å². The third kappa shape index (κ3) is 4.26. The van der Waals surface area contributed by atoms with Crippen molar-refractivity contribution in [3.05, 3.63) is 35.4 Å². The number of hydrogen-bond donors (Lipinski definition) is 2. The number of aliphatic hydroxyl groups excluding tert-OH is 1. The molecule has 0 spiro atoms. The highest BCUT2D eigenvalue weighted by molar-refractivity contribution is 7.87. The second-order valence-corrected chi connectivity index (χ2v) is 7.69. The number of aliphatic hydroxyl groups is 1. The molecular formula is C15H24N2O3S. The van der Waals surface area contributed by atoms with Gasteiger partial charge in [0.2, 0.25) is 0 Å². The molecule has 1 aliphatic rings. The summed E-state index contributed by atoms with van der Waals surface area (Å²) in [6.07, 6.45) is 1.35. The third-order valence-corrected chi connectivity index (χ3v) is 5.35. The van der Waals surface area contributed by atoms with Crippen LogP contribution in [-0.2, 0) is 23.2 Å². The molecule has 1 aromatic rings. The third-order valence-electron chi connectivity index (χ3n) is 3.73. The Hall–Kier alpha value is -0.950. The first-order valence-corrected chi connectivity index (χ1v) is 8.81. The van der Waals surface area contributed by atoms with Gasteiger partial charge in [-0.3, -0.25) is 0 Å². The molecule has 1 aliphatic heterocycles. The van der Waals surface area contributed by atoms with Crippen LogP contribution in [0.1, 0.15) is 31.4 Å². The maximum atomic E-state index is 12.4. The first kappa shape index (κ1) is 16.4. The molecule has 0 aromatic heterocycles. The average molecular weight is 312 g/mol. The minimum Gasteiger partial charge on any atom is -0.395 e. The summed E-state index contributed by atoms with van der Waals surface area (Å²) < 4.78 is 29.0. The summed E-state index contributed by atoms with van der Waals surface area (Å²) in [6, 6.07) is 7.49. The van der Waals surface area contributed by atoms with Crippen LogP contribution in [0.25, 0.3) is 0 Å². The summed E-state index contributed by atoms with van der Waals surface area (Å²) >= 11 is 0. The van der Waals surface area contributed by atoms with Gasteiger partial charge >= 0.3 is 0 Å². The fraction of sp³-hybridized carbons (Fsp3) is 0.600. The number of benzene rings is 1. The Kier molecular flexibility index (Phi) is 5.37. The lowest BCUT2D eigenvalue weighted by Gasteiger charge is -2.30. The van der Waals surface area contributed by atoms with Gasteiger partial charge in [-0.05, 0) is 29.9 Å². The van der Waals surface area contributed by atoms with Gasteiger partial charge in [0.25, 0.3) is 10.2 Å². The molecule has 0 amide bonds. The van der Waals surface area contributed by atoms with Crippen molar-refractivity contribution in [1.82, 2.24) is 9.03 Å². The van der Waals surface area contributed by atoms with Crippen LogP contribution in [0.5, 0.6) is 0 Å². The van der Waals surface area contributed by atoms with Crippen molar-refractivity contribution in [3.8, 4) is 0 Å². The summed E-state index contributed by atoms with van der Waals surface area (Å²) in [5.74, 6) is 0.326. The van der Waals surface area contributed by atoms with E-state index in [1.165, 1.54) is 9.87 Å². The van der Waals surface area contributed by atoms with E-state index in [9.17, 15) is 13.5 Å². The summed E-state index contributed by atoms with van der Waals surface area (Å²) in [5, 5.41) is 9.35. The van der Waals surface area contributed by atoms with Crippen LogP contribution in [0, 0.1) is 5.92 Å². The zero-order valence-corrected chi connectivity index (χ0v) is 13.4. The van der Waals surface area contributed by atoms with E-state index in [0.29, 0.717) is 25.4 Å². The first-order valence-electron chi connectivity index (χ1n) is 7.37. The van der Waals surface area contributed by atoms with Crippen molar-refractivity contribution in [2.75, 3.05) is 13.2 Å². The molecule has 5 nitrogen and oxygen atoms in total. The van der Waals surface area contributed by atoms with Crippen molar-refractivity contribution in [2.45, 2.75) is 39.3 Å². The van der Waals surface area contributed by atoms with Crippen molar-refractivity contribution < 1.29 is 13.5 Å². The molecule has 1 unspecified atom stereocenters. The summed E-state index contributed by atoms with van der Waals surface area (Å²) in [5.41, 5.74) is 2.27. The van der Waals surface area contributed by atoms with Crippen LogP contribution in [0.3, 0.4) is 0 Å². The van der Waals surface area contributed by atoms with E-state index in [-0.39, 0.29) is 6.61 Å². The van der Waals surface area contributed by atoms with Crippen molar-refractivity contribution in [2.24, 2.45) is 5.92 Å². The molecule has 1 heterocycles. The smallest absolute Gasteiger partial charge is 0.280 e. The molecule has 2 rings (SSSR count). The highest BCUT2D eigenvalue weighted by Gasteiger charge is 2.28. The highest BCUT2D eigenvalue weighted by atomic mass is 32.2. The Morgan fingerprint density at radius 2 is 1.95 bits per heavy atom. The predicted molar refractivity (Wildman–Crippen MR) is 82.9 cm³/mol. The van der Waals surface area contributed by atoms with Gasteiger partial charge < -0.3 is 5.11 Å².